The zero-order chi connectivity index (χ0) is 12.5. The van der Waals surface area contributed by atoms with Gasteiger partial charge in [-0.25, -0.2) is 4.98 Å². The molecule has 0 N–H and O–H groups in total. The highest BCUT2D eigenvalue weighted by Gasteiger charge is 2.10. The Hall–Kier alpha value is -2.09. The van der Waals surface area contributed by atoms with Gasteiger partial charge in [-0.3, -0.25) is 0 Å². The quantitative estimate of drug-likeness (QED) is 0.656. The van der Waals surface area contributed by atoms with Crippen molar-refractivity contribution < 1.29 is 0 Å². The second kappa shape index (κ2) is 4.30. The van der Waals surface area contributed by atoms with Crippen LogP contribution in [0.5, 0.6) is 0 Å². The minimum Gasteiger partial charge on any atom is -0.324 e. The molecule has 0 radical (unpaired) electrons. The van der Waals surface area contributed by atoms with E-state index in [1.165, 1.54) is 16.6 Å². The number of hydrogen-bond donors (Lipinski definition) is 0. The van der Waals surface area contributed by atoms with E-state index in [1.54, 1.807) is 0 Å². The summed E-state index contributed by atoms with van der Waals surface area (Å²) in [4.78, 5) is 4.76. The molecule has 0 fully saturated rings. The summed E-state index contributed by atoms with van der Waals surface area (Å²) in [7, 11) is 0. The lowest BCUT2D eigenvalue weighted by atomic mass is 10.2. The smallest absolute Gasteiger partial charge is 0.141 e. The number of hydrogen-bond acceptors (Lipinski definition) is 1. The highest BCUT2D eigenvalue weighted by molar-refractivity contribution is 5.81. The molecule has 0 bridgehead atoms. The van der Waals surface area contributed by atoms with Gasteiger partial charge in [0.1, 0.15) is 5.82 Å². The Morgan fingerprint density at radius 1 is 1.06 bits per heavy atom. The molecule has 0 atom stereocenters. The number of rotatable bonds is 2. The zero-order valence-corrected chi connectivity index (χ0v) is 10.7. The molecule has 1 heterocycles. The Morgan fingerprint density at radius 3 is 2.56 bits per heavy atom. The van der Waals surface area contributed by atoms with Crippen molar-refractivity contribution in [2.75, 3.05) is 0 Å². The van der Waals surface area contributed by atoms with Gasteiger partial charge in [-0.15, -0.1) is 0 Å². The fraction of sp³-hybridized carbons (Fsp3) is 0.188. The van der Waals surface area contributed by atoms with E-state index in [9.17, 15) is 0 Å². The third kappa shape index (κ3) is 1.70. The Kier molecular flexibility index (Phi) is 2.63. The molecule has 0 aliphatic rings. The first-order valence-corrected chi connectivity index (χ1v) is 6.32. The van der Waals surface area contributed by atoms with Crippen LogP contribution in [-0.4, -0.2) is 9.55 Å². The van der Waals surface area contributed by atoms with Crippen LogP contribution in [0.25, 0.3) is 22.4 Å². The van der Waals surface area contributed by atoms with E-state index in [0.717, 1.165) is 17.9 Å². The first-order chi connectivity index (χ1) is 8.79. The average Bonchev–Trinajstić information content (AvgIpc) is 2.77. The molecule has 3 rings (SSSR count). The minimum atomic E-state index is 0.935. The number of benzene rings is 2. The molecule has 0 spiro atoms. The van der Waals surface area contributed by atoms with E-state index in [-0.39, 0.29) is 0 Å². The number of aryl methyl sites for hydroxylation is 2. The van der Waals surface area contributed by atoms with Gasteiger partial charge in [0.15, 0.2) is 0 Å². The monoisotopic (exact) mass is 236 g/mol. The lowest BCUT2D eigenvalue weighted by Gasteiger charge is -2.06. The van der Waals surface area contributed by atoms with Crippen LogP contribution < -0.4 is 0 Å². The zero-order valence-electron chi connectivity index (χ0n) is 10.7. The summed E-state index contributed by atoms with van der Waals surface area (Å²) in [5, 5.41) is 0. The molecule has 0 saturated carbocycles. The van der Waals surface area contributed by atoms with E-state index in [4.69, 9.17) is 4.98 Å². The predicted octanol–water partition coefficient (Wildman–Crippen LogP) is 4.03. The van der Waals surface area contributed by atoms with E-state index in [1.807, 2.05) is 6.07 Å². The summed E-state index contributed by atoms with van der Waals surface area (Å²) in [6.07, 6.45) is 0. The Morgan fingerprint density at radius 2 is 1.83 bits per heavy atom. The number of imidazole rings is 1. The summed E-state index contributed by atoms with van der Waals surface area (Å²) in [5.74, 6) is 1.05. The van der Waals surface area contributed by atoms with E-state index in [2.05, 4.69) is 60.9 Å². The minimum absolute atomic E-state index is 0.935. The maximum absolute atomic E-state index is 4.76. The van der Waals surface area contributed by atoms with Crippen LogP contribution in [-0.2, 0) is 6.54 Å². The van der Waals surface area contributed by atoms with Crippen molar-refractivity contribution in [3.05, 3.63) is 54.1 Å². The Balaban J connectivity index is 2.30. The average molecular weight is 236 g/mol. The molecule has 0 saturated heterocycles. The molecule has 90 valence electrons. The maximum Gasteiger partial charge on any atom is 0.141 e. The van der Waals surface area contributed by atoms with Gasteiger partial charge in [-0.05, 0) is 31.5 Å². The van der Waals surface area contributed by atoms with Crippen LogP contribution in [0.2, 0.25) is 0 Å². The van der Waals surface area contributed by atoms with Gasteiger partial charge < -0.3 is 4.57 Å². The molecule has 0 aliphatic heterocycles. The highest BCUT2D eigenvalue weighted by atomic mass is 15.1. The molecule has 3 aromatic rings. The summed E-state index contributed by atoms with van der Waals surface area (Å²) < 4.78 is 2.28. The van der Waals surface area contributed by atoms with Gasteiger partial charge in [0.25, 0.3) is 0 Å². The highest BCUT2D eigenvalue weighted by Crippen LogP contribution is 2.25. The van der Waals surface area contributed by atoms with E-state index >= 15 is 0 Å². The van der Waals surface area contributed by atoms with Crippen LogP contribution >= 0.6 is 0 Å². The summed E-state index contributed by atoms with van der Waals surface area (Å²) in [5.41, 5.74) is 4.74. The summed E-state index contributed by atoms with van der Waals surface area (Å²) >= 11 is 0. The molecule has 0 amide bonds. The first kappa shape index (κ1) is 11.0. The fourth-order valence-corrected chi connectivity index (χ4v) is 2.36. The third-order valence-corrected chi connectivity index (χ3v) is 3.25. The molecule has 2 aromatic carbocycles. The van der Waals surface area contributed by atoms with Crippen molar-refractivity contribution in [3.63, 3.8) is 0 Å². The van der Waals surface area contributed by atoms with Gasteiger partial charge in [0, 0.05) is 12.1 Å². The topological polar surface area (TPSA) is 17.8 Å². The molecule has 2 heteroatoms. The second-order valence-corrected chi connectivity index (χ2v) is 4.54. The van der Waals surface area contributed by atoms with Gasteiger partial charge in [-0.2, -0.15) is 0 Å². The van der Waals surface area contributed by atoms with Crippen molar-refractivity contribution in [1.82, 2.24) is 9.55 Å². The molecule has 1 aromatic heterocycles. The standard InChI is InChI=1S/C16H16N2/c1-3-18-15-11-12(2)9-10-14(15)17-16(18)13-7-5-4-6-8-13/h4-11H,3H2,1-2H3. The number of fused-ring (bicyclic) bond motifs is 1. The lowest BCUT2D eigenvalue weighted by Crippen LogP contribution is -1.97. The van der Waals surface area contributed by atoms with Crippen LogP contribution in [0.3, 0.4) is 0 Å². The Bertz CT molecular complexity index is 681. The molecule has 0 unspecified atom stereocenters. The van der Waals surface area contributed by atoms with Crippen molar-refractivity contribution in [1.29, 1.82) is 0 Å². The largest absolute Gasteiger partial charge is 0.324 e. The SMILES string of the molecule is CCn1c(-c2ccccc2)nc2ccc(C)cc21. The summed E-state index contributed by atoms with van der Waals surface area (Å²) in [6, 6.07) is 16.8. The van der Waals surface area contributed by atoms with Gasteiger partial charge in [0.05, 0.1) is 11.0 Å². The van der Waals surface area contributed by atoms with Crippen LogP contribution in [0, 0.1) is 6.92 Å². The van der Waals surface area contributed by atoms with Crippen LogP contribution in [0.1, 0.15) is 12.5 Å². The van der Waals surface area contributed by atoms with E-state index < -0.39 is 0 Å². The molecule has 18 heavy (non-hydrogen) atoms. The Labute approximate surface area is 107 Å². The maximum atomic E-state index is 4.76. The molecule has 0 aliphatic carbocycles. The first-order valence-electron chi connectivity index (χ1n) is 6.32. The van der Waals surface area contributed by atoms with Gasteiger partial charge in [0.2, 0.25) is 0 Å². The second-order valence-electron chi connectivity index (χ2n) is 4.54. The van der Waals surface area contributed by atoms with Crippen LogP contribution in [0.15, 0.2) is 48.5 Å². The molecular weight excluding hydrogens is 220 g/mol. The van der Waals surface area contributed by atoms with Crippen molar-refractivity contribution in [2.45, 2.75) is 20.4 Å². The normalized spacial score (nSPS) is 11.0. The van der Waals surface area contributed by atoms with Crippen LogP contribution in [0.4, 0.5) is 0 Å². The van der Waals surface area contributed by atoms with Crippen molar-refractivity contribution in [2.24, 2.45) is 0 Å². The fourth-order valence-electron chi connectivity index (χ4n) is 2.36. The van der Waals surface area contributed by atoms with Crippen molar-refractivity contribution in [3.8, 4) is 11.4 Å². The van der Waals surface area contributed by atoms with Crippen molar-refractivity contribution >= 4 is 11.0 Å². The van der Waals surface area contributed by atoms with Gasteiger partial charge >= 0.3 is 0 Å². The third-order valence-electron chi connectivity index (χ3n) is 3.25. The van der Waals surface area contributed by atoms with E-state index in [0.29, 0.717) is 0 Å². The number of nitrogens with zero attached hydrogens (tertiary/aromatic N) is 2. The lowest BCUT2D eigenvalue weighted by molar-refractivity contribution is 0.796. The predicted molar refractivity (Wildman–Crippen MR) is 75.6 cm³/mol. The number of aromatic nitrogens is 2. The molecule has 2 nitrogen and oxygen atoms in total. The van der Waals surface area contributed by atoms with Gasteiger partial charge in [-0.1, -0.05) is 36.4 Å². The summed E-state index contributed by atoms with van der Waals surface area (Å²) in [6.45, 7) is 5.22. The molecular formula is C16H16N2.